The molecule has 0 aromatic carbocycles. The standard InChI is InChI=1S/C13H19NOS/c1-7-5-11(7)13(15)14-9(3)12-6-8(2)16-10(12)4/h6-7,9,11H,5H2,1-4H3,(H,14,15). The molecule has 0 bridgehead atoms. The van der Waals surface area contributed by atoms with Crippen LogP contribution < -0.4 is 5.32 Å². The van der Waals surface area contributed by atoms with Crippen molar-refractivity contribution < 1.29 is 4.79 Å². The molecule has 1 saturated carbocycles. The Hall–Kier alpha value is -0.830. The molecule has 3 unspecified atom stereocenters. The highest BCUT2D eigenvalue weighted by atomic mass is 32.1. The molecule has 1 aliphatic carbocycles. The van der Waals surface area contributed by atoms with Gasteiger partial charge in [0.1, 0.15) is 0 Å². The highest BCUT2D eigenvalue weighted by Gasteiger charge is 2.39. The first-order valence-corrected chi connectivity index (χ1v) is 6.68. The van der Waals surface area contributed by atoms with Crippen LogP contribution in [0, 0.1) is 25.7 Å². The zero-order chi connectivity index (χ0) is 11.9. The van der Waals surface area contributed by atoms with Gasteiger partial charge >= 0.3 is 0 Å². The number of hydrogen-bond acceptors (Lipinski definition) is 2. The van der Waals surface area contributed by atoms with Crippen molar-refractivity contribution >= 4 is 17.2 Å². The molecule has 1 heterocycles. The van der Waals surface area contributed by atoms with Gasteiger partial charge in [-0.15, -0.1) is 11.3 Å². The number of hydrogen-bond donors (Lipinski definition) is 1. The summed E-state index contributed by atoms with van der Waals surface area (Å²) in [5.74, 6) is 1.07. The van der Waals surface area contributed by atoms with Crippen LogP contribution in [0.15, 0.2) is 6.07 Å². The van der Waals surface area contributed by atoms with Gasteiger partial charge in [-0.1, -0.05) is 6.92 Å². The number of aryl methyl sites for hydroxylation is 2. The fourth-order valence-electron chi connectivity index (χ4n) is 2.17. The van der Waals surface area contributed by atoms with Gasteiger partial charge in [-0.3, -0.25) is 4.79 Å². The third-order valence-electron chi connectivity index (χ3n) is 3.35. The molecule has 3 atom stereocenters. The van der Waals surface area contributed by atoms with Gasteiger partial charge in [0, 0.05) is 15.7 Å². The maximum atomic E-state index is 11.8. The van der Waals surface area contributed by atoms with Gasteiger partial charge < -0.3 is 5.32 Å². The van der Waals surface area contributed by atoms with E-state index in [1.54, 1.807) is 11.3 Å². The summed E-state index contributed by atoms with van der Waals surface area (Å²) in [5.41, 5.74) is 1.27. The van der Waals surface area contributed by atoms with Crippen molar-refractivity contribution in [1.82, 2.24) is 5.32 Å². The third-order valence-corrected chi connectivity index (χ3v) is 4.33. The maximum Gasteiger partial charge on any atom is 0.223 e. The zero-order valence-corrected chi connectivity index (χ0v) is 11.1. The molecule has 1 aromatic rings. The summed E-state index contributed by atoms with van der Waals surface area (Å²) < 4.78 is 0. The molecule has 0 radical (unpaired) electrons. The van der Waals surface area contributed by atoms with E-state index in [1.807, 2.05) is 0 Å². The lowest BCUT2D eigenvalue weighted by Gasteiger charge is -2.13. The van der Waals surface area contributed by atoms with Crippen LogP contribution in [-0.2, 0) is 4.79 Å². The third kappa shape index (κ3) is 2.29. The normalized spacial score (nSPS) is 25.2. The topological polar surface area (TPSA) is 29.1 Å². The van der Waals surface area contributed by atoms with E-state index in [2.05, 4.69) is 39.1 Å². The molecule has 16 heavy (non-hydrogen) atoms. The minimum Gasteiger partial charge on any atom is -0.349 e. The van der Waals surface area contributed by atoms with E-state index in [0.29, 0.717) is 5.92 Å². The van der Waals surface area contributed by atoms with E-state index in [4.69, 9.17) is 0 Å². The Morgan fingerprint density at radius 2 is 2.19 bits per heavy atom. The summed E-state index contributed by atoms with van der Waals surface area (Å²) >= 11 is 1.80. The van der Waals surface area contributed by atoms with Crippen molar-refractivity contribution in [3.05, 3.63) is 21.4 Å². The molecule has 0 spiro atoms. The van der Waals surface area contributed by atoms with Crippen LogP contribution in [0.2, 0.25) is 0 Å². The predicted molar refractivity (Wildman–Crippen MR) is 67.6 cm³/mol. The Morgan fingerprint density at radius 3 is 2.62 bits per heavy atom. The minimum absolute atomic E-state index is 0.144. The monoisotopic (exact) mass is 237 g/mol. The first-order chi connectivity index (χ1) is 7.49. The van der Waals surface area contributed by atoms with Gasteiger partial charge in [-0.2, -0.15) is 0 Å². The first-order valence-electron chi connectivity index (χ1n) is 5.86. The van der Waals surface area contributed by atoms with Crippen LogP contribution in [0.3, 0.4) is 0 Å². The zero-order valence-electron chi connectivity index (χ0n) is 10.3. The van der Waals surface area contributed by atoms with Crippen molar-refractivity contribution in [1.29, 1.82) is 0 Å². The van der Waals surface area contributed by atoms with Crippen LogP contribution >= 0.6 is 11.3 Å². The van der Waals surface area contributed by atoms with Crippen molar-refractivity contribution in [2.45, 2.75) is 40.2 Å². The molecule has 3 heteroatoms. The fourth-order valence-corrected chi connectivity index (χ4v) is 3.19. The van der Waals surface area contributed by atoms with E-state index in [-0.39, 0.29) is 17.9 Å². The number of carbonyl (C=O) groups is 1. The molecule has 1 fully saturated rings. The second-order valence-corrected chi connectivity index (χ2v) is 6.38. The second kappa shape index (κ2) is 4.21. The Balaban J connectivity index is 2.00. The van der Waals surface area contributed by atoms with Gasteiger partial charge in [-0.25, -0.2) is 0 Å². The highest BCUT2D eigenvalue weighted by molar-refractivity contribution is 7.12. The molecular weight excluding hydrogens is 218 g/mol. The molecular formula is C13H19NOS. The Kier molecular flexibility index (Phi) is 3.06. The quantitative estimate of drug-likeness (QED) is 0.859. The van der Waals surface area contributed by atoms with Gasteiger partial charge in [0.05, 0.1) is 6.04 Å². The Bertz CT molecular complexity index is 410. The SMILES string of the molecule is Cc1cc(C(C)NC(=O)C2CC2C)c(C)s1. The molecule has 0 aliphatic heterocycles. The summed E-state index contributed by atoms with van der Waals surface area (Å²) in [4.78, 5) is 14.4. The first kappa shape index (κ1) is 11.6. The minimum atomic E-state index is 0.144. The number of rotatable bonds is 3. The maximum absolute atomic E-state index is 11.8. The summed E-state index contributed by atoms with van der Waals surface area (Å²) in [7, 11) is 0. The van der Waals surface area contributed by atoms with Crippen molar-refractivity contribution in [2.24, 2.45) is 11.8 Å². The van der Waals surface area contributed by atoms with E-state index >= 15 is 0 Å². The molecule has 1 aromatic heterocycles. The molecule has 1 amide bonds. The van der Waals surface area contributed by atoms with E-state index < -0.39 is 0 Å². The summed E-state index contributed by atoms with van der Waals surface area (Å²) in [5, 5.41) is 3.11. The van der Waals surface area contributed by atoms with Crippen LogP contribution in [-0.4, -0.2) is 5.91 Å². The Morgan fingerprint density at radius 1 is 1.56 bits per heavy atom. The largest absolute Gasteiger partial charge is 0.349 e. The number of nitrogens with one attached hydrogen (secondary N) is 1. The predicted octanol–water partition coefficient (Wildman–Crippen LogP) is 3.20. The number of amides is 1. The molecule has 88 valence electrons. The molecule has 1 aliphatic rings. The van der Waals surface area contributed by atoms with Crippen molar-refractivity contribution in [2.75, 3.05) is 0 Å². The lowest BCUT2D eigenvalue weighted by atomic mass is 10.1. The van der Waals surface area contributed by atoms with Crippen molar-refractivity contribution in [3.8, 4) is 0 Å². The summed E-state index contributed by atoms with van der Waals surface area (Å²) in [6.45, 7) is 8.43. The average molecular weight is 237 g/mol. The van der Waals surface area contributed by atoms with Gasteiger partial charge in [-0.05, 0) is 44.7 Å². The lowest BCUT2D eigenvalue weighted by molar-refractivity contribution is -0.123. The number of carbonyl (C=O) groups excluding carboxylic acids is 1. The molecule has 0 saturated heterocycles. The molecule has 2 nitrogen and oxygen atoms in total. The van der Waals surface area contributed by atoms with E-state index in [9.17, 15) is 4.79 Å². The molecule has 1 N–H and O–H groups in total. The average Bonchev–Trinajstić information content (AvgIpc) is 2.81. The highest BCUT2D eigenvalue weighted by Crippen LogP contribution is 2.38. The Labute approximate surface area is 101 Å². The smallest absolute Gasteiger partial charge is 0.223 e. The van der Waals surface area contributed by atoms with Crippen molar-refractivity contribution in [3.63, 3.8) is 0 Å². The molecule has 2 rings (SSSR count). The van der Waals surface area contributed by atoms with Gasteiger partial charge in [0.2, 0.25) is 5.91 Å². The summed E-state index contributed by atoms with van der Waals surface area (Å²) in [6.07, 6.45) is 1.06. The van der Waals surface area contributed by atoms with Crippen LogP contribution in [0.4, 0.5) is 0 Å². The second-order valence-electron chi connectivity index (χ2n) is 4.92. The number of thiophene rings is 1. The van der Waals surface area contributed by atoms with E-state index in [1.165, 1.54) is 15.3 Å². The lowest BCUT2D eigenvalue weighted by Crippen LogP contribution is -2.28. The fraction of sp³-hybridized carbons (Fsp3) is 0.615. The van der Waals surface area contributed by atoms with Crippen LogP contribution in [0.25, 0.3) is 0 Å². The van der Waals surface area contributed by atoms with Gasteiger partial charge in [0.25, 0.3) is 0 Å². The van der Waals surface area contributed by atoms with Crippen LogP contribution in [0.5, 0.6) is 0 Å². The van der Waals surface area contributed by atoms with E-state index in [0.717, 1.165) is 6.42 Å². The van der Waals surface area contributed by atoms with Crippen LogP contribution in [0.1, 0.15) is 41.6 Å². The van der Waals surface area contributed by atoms with Gasteiger partial charge in [0.15, 0.2) is 0 Å². The summed E-state index contributed by atoms with van der Waals surface area (Å²) in [6, 6.07) is 2.33.